The SMILES string of the molecule is CC(C)(O)CCn1cc2cc(NC(=O)c3cccc(C4CC4)[n+]3O)c(OCC3CC3)cc2n1. The Morgan fingerprint density at radius 2 is 2.06 bits per heavy atom. The normalized spacial score (nSPS) is 16.2. The molecule has 0 saturated heterocycles. The molecule has 0 unspecified atom stereocenters. The molecular formula is C25H31N4O4+. The summed E-state index contributed by atoms with van der Waals surface area (Å²) >= 11 is 0. The second-order valence-corrected chi connectivity index (χ2v) is 9.99. The number of aliphatic hydroxyl groups is 1. The van der Waals surface area contributed by atoms with Gasteiger partial charge in [0, 0.05) is 47.0 Å². The van der Waals surface area contributed by atoms with Gasteiger partial charge in [-0.05, 0) is 64.0 Å². The first-order valence-corrected chi connectivity index (χ1v) is 11.7. The van der Waals surface area contributed by atoms with Crippen molar-refractivity contribution in [3.8, 4) is 5.75 Å². The Morgan fingerprint density at radius 3 is 2.76 bits per heavy atom. The van der Waals surface area contributed by atoms with Crippen molar-refractivity contribution in [2.75, 3.05) is 11.9 Å². The fourth-order valence-electron chi connectivity index (χ4n) is 3.88. The second-order valence-electron chi connectivity index (χ2n) is 9.99. The van der Waals surface area contributed by atoms with Crippen molar-refractivity contribution in [2.24, 2.45) is 5.92 Å². The summed E-state index contributed by atoms with van der Waals surface area (Å²) in [7, 11) is 0. The summed E-state index contributed by atoms with van der Waals surface area (Å²) < 4.78 is 8.87. The number of anilines is 1. The van der Waals surface area contributed by atoms with Crippen molar-refractivity contribution < 1.29 is 24.6 Å². The van der Waals surface area contributed by atoms with Crippen molar-refractivity contribution in [1.82, 2.24) is 9.78 Å². The summed E-state index contributed by atoms with van der Waals surface area (Å²) in [6.45, 7) is 4.74. The maximum Gasteiger partial charge on any atom is 0.325 e. The van der Waals surface area contributed by atoms with E-state index in [0.29, 0.717) is 42.8 Å². The van der Waals surface area contributed by atoms with Crippen molar-refractivity contribution in [3.63, 3.8) is 0 Å². The second kappa shape index (κ2) is 8.33. The number of aryl methyl sites for hydroxylation is 1. The molecule has 0 bridgehead atoms. The lowest BCUT2D eigenvalue weighted by atomic mass is 10.1. The summed E-state index contributed by atoms with van der Waals surface area (Å²) in [5.74, 6) is 1.04. The van der Waals surface area contributed by atoms with E-state index in [2.05, 4.69) is 10.4 Å². The standard InChI is InChI=1S/C25H30N4O4/c1-25(2,31)10-11-28-14-18-12-20(23(13-19(18)27-28)33-15-16-6-7-16)26-24(30)22-5-3-4-21(29(22)32)17-8-9-17/h3-5,12-14,16-17,31H,6-11,15H2,1-2H3,(H-,26,30,32)/p+1. The number of carbonyl (C=O) groups is 1. The summed E-state index contributed by atoms with van der Waals surface area (Å²) in [4.78, 5) is 13.1. The van der Waals surface area contributed by atoms with Gasteiger partial charge in [-0.2, -0.15) is 5.10 Å². The molecule has 2 aliphatic carbocycles. The van der Waals surface area contributed by atoms with E-state index in [1.165, 1.54) is 0 Å². The van der Waals surface area contributed by atoms with Crippen molar-refractivity contribution in [1.29, 1.82) is 0 Å². The van der Waals surface area contributed by atoms with Crippen LogP contribution in [-0.2, 0) is 6.54 Å². The van der Waals surface area contributed by atoms with Crippen LogP contribution in [0.1, 0.15) is 68.1 Å². The van der Waals surface area contributed by atoms with Crippen LogP contribution in [0.2, 0.25) is 0 Å². The van der Waals surface area contributed by atoms with Gasteiger partial charge in [0.25, 0.3) is 0 Å². The van der Waals surface area contributed by atoms with Crippen molar-refractivity contribution >= 4 is 22.5 Å². The van der Waals surface area contributed by atoms with Crippen LogP contribution in [-0.4, -0.2) is 38.2 Å². The fraction of sp³-hybridized carbons (Fsp3) is 0.480. The van der Waals surface area contributed by atoms with E-state index >= 15 is 0 Å². The minimum absolute atomic E-state index is 0.188. The van der Waals surface area contributed by atoms with Gasteiger partial charge in [0.05, 0.1) is 23.4 Å². The molecule has 5 rings (SSSR count). The van der Waals surface area contributed by atoms with Crippen molar-refractivity contribution in [2.45, 2.75) is 64.0 Å². The fourth-order valence-corrected chi connectivity index (χ4v) is 3.88. The molecule has 2 saturated carbocycles. The molecule has 1 amide bonds. The minimum atomic E-state index is -0.773. The number of hydrogen-bond donors (Lipinski definition) is 3. The van der Waals surface area contributed by atoms with Crippen LogP contribution in [0.4, 0.5) is 5.69 Å². The van der Waals surface area contributed by atoms with Gasteiger partial charge in [0.1, 0.15) is 5.75 Å². The number of ether oxygens (including phenoxy) is 1. The first-order valence-electron chi connectivity index (χ1n) is 11.7. The van der Waals surface area contributed by atoms with Gasteiger partial charge in [-0.25, -0.2) is 0 Å². The molecule has 0 spiro atoms. The zero-order valence-electron chi connectivity index (χ0n) is 19.1. The van der Waals surface area contributed by atoms with Crippen LogP contribution in [0.3, 0.4) is 0 Å². The summed E-state index contributed by atoms with van der Waals surface area (Å²) in [5, 5.41) is 29.0. The molecule has 0 radical (unpaired) electrons. The molecule has 33 heavy (non-hydrogen) atoms. The van der Waals surface area contributed by atoms with Gasteiger partial charge in [-0.1, -0.05) is 0 Å². The third-order valence-electron chi connectivity index (χ3n) is 6.25. The predicted molar refractivity (Wildman–Crippen MR) is 123 cm³/mol. The molecule has 0 atom stereocenters. The first-order chi connectivity index (χ1) is 15.8. The minimum Gasteiger partial charge on any atom is -0.491 e. The van der Waals surface area contributed by atoms with Crippen molar-refractivity contribution in [3.05, 3.63) is 47.9 Å². The highest BCUT2D eigenvalue weighted by Crippen LogP contribution is 2.38. The maximum atomic E-state index is 13.1. The number of carbonyl (C=O) groups excluding carboxylic acids is 1. The molecule has 2 heterocycles. The molecule has 3 aromatic rings. The number of nitrogens with zero attached hydrogens (tertiary/aromatic N) is 3. The lowest BCUT2D eigenvalue weighted by Crippen LogP contribution is -2.43. The highest BCUT2D eigenvalue weighted by molar-refractivity contribution is 6.04. The lowest BCUT2D eigenvalue weighted by molar-refractivity contribution is -0.910. The summed E-state index contributed by atoms with van der Waals surface area (Å²) in [6.07, 6.45) is 6.85. The van der Waals surface area contributed by atoms with E-state index in [1.807, 2.05) is 24.4 Å². The third kappa shape index (κ3) is 5.11. The van der Waals surface area contributed by atoms with Gasteiger partial charge in [-0.3, -0.25) is 14.7 Å². The van der Waals surface area contributed by atoms with E-state index in [0.717, 1.165) is 47.0 Å². The van der Waals surface area contributed by atoms with Gasteiger partial charge in [-0.15, -0.1) is 0 Å². The number of rotatable bonds is 9. The van der Waals surface area contributed by atoms with E-state index in [-0.39, 0.29) is 5.69 Å². The third-order valence-corrected chi connectivity index (χ3v) is 6.25. The van der Waals surface area contributed by atoms with Crippen LogP contribution in [0.5, 0.6) is 5.75 Å². The maximum absolute atomic E-state index is 13.1. The van der Waals surface area contributed by atoms with E-state index in [9.17, 15) is 15.1 Å². The summed E-state index contributed by atoms with van der Waals surface area (Å²) in [5.41, 5.74) is 1.49. The topological polar surface area (TPSA) is 100 Å². The number of fused-ring (bicyclic) bond motifs is 1. The number of benzene rings is 1. The Hall–Kier alpha value is -3.13. The molecule has 8 heteroatoms. The van der Waals surface area contributed by atoms with Crippen LogP contribution in [0.15, 0.2) is 36.5 Å². The van der Waals surface area contributed by atoms with Gasteiger partial charge < -0.3 is 15.2 Å². The molecule has 2 fully saturated rings. The predicted octanol–water partition coefficient (Wildman–Crippen LogP) is 3.64. The first kappa shape index (κ1) is 21.7. The van der Waals surface area contributed by atoms with E-state index < -0.39 is 11.5 Å². The molecule has 8 nitrogen and oxygen atoms in total. The highest BCUT2D eigenvalue weighted by atomic mass is 16.5. The molecule has 2 aromatic heterocycles. The molecule has 174 valence electrons. The number of nitrogens with one attached hydrogen (secondary N) is 1. The zero-order chi connectivity index (χ0) is 23.2. The number of hydrogen-bond acceptors (Lipinski definition) is 5. The van der Waals surface area contributed by atoms with E-state index in [1.54, 1.807) is 30.7 Å². The average Bonchev–Trinajstić information content (AvgIpc) is 3.68. The molecule has 2 aliphatic rings. The van der Waals surface area contributed by atoms with Gasteiger partial charge in [0.2, 0.25) is 5.69 Å². The Kier molecular flexibility index (Phi) is 5.48. The lowest BCUT2D eigenvalue weighted by Gasteiger charge is -2.16. The number of amides is 1. The molecular weight excluding hydrogens is 420 g/mol. The molecule has 1 aromatic carbocycles. The van der Waals surface area contributed by atoms with Gasteiger partial charge in [0.15, 0.2) is 0 Å². The monoisotopic (exact) mass is 451 g/mol. The summed E-state index contributed by atoms with van der Waals surface area (Å²) in [6, 6.07) is 8.97. The largest absolute Gasteiger partial charge is 0.491 e. The average molecular weight is 452 g/mol. The number of aromatic nitrogens is 3. The Balaban J connectivity index is 1.42. The Bertz CT molecular complexity index is 1190. The Labute approximate surface area is 192 Å². The van der Waals surface area contributed by atoms with E-state index in [4.69, 9.17) is 4.74 Å². The smallest absolute Gasteiger partial charge is 0.325 e. The van der Waals surface area contributed by atoms with Crippen LogP contribution in [0, 0.1) is 5.92 Å². The highest BCUT2D eigenvalue weighted by Gasteiger charge is 2.35. The zero-order valence-corrected chi connectivity index (χ0v) is 19.1. The van der Waals surface area contributed by atoms with Crippen LogP contribution >= 0.6 is 0 Å². The van der Waals surface area contributed by atoms with Crippen LogP contribution < -0.4 is 14.8 Å². The van der Waals surface area contributed by atoms with Crippen LogP contribution in [0.25, 0.3) is 10.9 Å². The molecule has 3 N–H and O–H groups in total. The molecule has 0 aliphatic heterocycles. The van der Waals surface area contributed by atoms with Gasteiger partial charge >= 0.3 is 11.6 Å². The Morgan fingerprint density at radius 1 is 1.27 bits per heavy atom. The quantitative estimate of drug-likeness (QED) is 0.341. The number of pyridine rings is 1.